The maximum Gasteiger partial charge on any atom is 0.317 e. The van der Waals surface area contributed by atoms with Crippen molar-refractivity contribution in [3.8, 4) is 11.6 Å². The van der Waals surface area contributed by atoms with E-state index >= 15 is 0 Å². The van der Waals surface area contributed by atoms with Gasteiger partial charge in [0, 0.05) is 22.2 Å². The van der Waals surface area contributed by atoms with Gasteiger partial charge in [0.2, 0.25) is 11.4 Å². The number of fused-ring (bicyclic) bond motifs is 1. The molecule has 0 aliphatic carbocycles. The second-order valence-electron chi connectivity index (χ2n) is 6.28. The third-order valence-electron chi connectivity index (χ3n) is 4.39. The van der Waals surface area contributed by atoms with Crippen molar-refractivity contribution in [2.24, 2.45) is 0 Å². The van der Waals surface area contributed by atoms with E-state index in [1.807, 2.05) is 0 Å². The molecule has 28 heavy (non-hydrogen) atoms. The molecule has 0 saturated carbocycles. The van der Waals surface area contributed by atoms with Gasteiger partial charge in [0.15, 0.2) is 6.54 Å². The highest BCUT2D eigenvalue weighted by Crippen LogP contribution is 2.21. The zero-order chi connectivity index (χ0) is 20.3. The molecule has 0 radical (unpaired) electrons. The van der Waals surface area contributed by atoms with Crippen molar-refractivity contribution in [1.82, 2.24) is 14.7 Å². The van der Waals surface area contributed by atoms with Gasteiger partial charge in [0.05, 0.1) is 7.11 Å². The van der Waals surface area contributed by atoms with Crippen LogP contribution in [-0.2, 0) is 6.54 Å². The van der Waals surface area contributed by atoms with Crippen molar-refractivity contribution in [3.05, 3.63) is 46.0 Å². The number of carbonyl (C=O) groups excluding carboxylic acids is 1. The molecule has 3 rings (SSSR count). The molecular weight excluding hydrogens is 426 g/mol. The molecule has 0 bridgehead atoms. The molecule has 0 spiro atoms. The van der Waals surface area contributed by atoms with Gasteiger partial charge in [-0.1, -0.05) is 34.3 Å². The first-order valence-corrected chi connectivity index (χ1v) is 9.80. The molecule has 0 aliphatic heterocycles. The number of hydrogen-bond acceptors (Lipinski definition) is 5. The fourth-order valence-electron chi connectivity index (χ4n) is 2.83. The van der Waals surface area contributed by atoms with Crippen LogP contribution in [0.3, 0.4) is 0 Å². The predicted octanol–water partition coefficient (Wildman–Crippen LogP) is 2.28. The molecule has 148 valence electrons. The van der Waals surface area contributed by atoms with Crippen LogP contribution in [0.5, 0.6) is 11.6 Å². The smallest absolute Gasteiger partial charge is 0.317 e. The molecule has 0 saturated heterocycles. The number of benzene rings is 1. The second kappa shape index (κ2) is 8.55. The van der Waals surface area contributed by atoms with E-state index in [1.165, 1.54) is 9.20 Å². The number of methoxy groups -OCH3 is 1. The highest BCUT2D eigenvalue weighted by molar-refractivity contribution is 9.10. The number of nitrogens with one attached hydrogen (secondary N) is 1. The minimum atomic E-state index is -0.151. The molecule has 2 heterocycles. The molecule has 0 unspecified atom stereocenters. The Labute approximate surface area is 170 Å². The molecule has 1 aromatic carbocycles. The van der Waals surface area contributed by atoms with E-state index in [0.717, 1.165) is 17.3 Å². The van der Waals surface area contributed by atoms with Crippen LogP contribution in [0.2, 0.25) is 0 Å². The summed E-state index contributed by atoms with van der Waals surface area (Å²) in [5.41, 5.74) is 0.967. The lowest BCUT2D eigenvalue weighted by molar-refractivity contribution is -0.721. The van der Waals surface area contributed by atoms with Crippen molar-refractivity contribution in [3.63, 3.8) is 0 Å². The first-order chi connectivity index (χ1) is 13.4. The summed E-state index contributed by atoms with van der Waals surface area (Å²) in [5.74, 6) is 0.868. The maximum atomic E-state index is 12.7. The highest BCUT2D eigenvalue weighted by Gasteiger charge is 2.19. The first kappa shape index (κ1) is 20.1. The molecule has 3 aromatic rings. The van der Waals surface area contributed by atoms with Crippen molar-refractivity contribution in [1.29, 1.82) is 5.41 Å². The van der Waals surface area contributed by atoms with Gasteiger partial charge >= 0.3 is 5.65 Å². The number of aromatic nitrogens is 4. The molecule has 0 aliphatic rings. The van der Waals surface area contributed by atoms with Crippen LogP contribution >= 0.6 is 15.9 Å². The number of nitrogens with zero attached hydrogens (tertiary/aromatic N) is 4. The lowest BCUT2D eigenvalue weighted by Crippen LogP contribution is -2.43. The Bertz CT molecular complexity index is 1060. The molecule has 9 heteroatoms. The summed E-state index contributed by atoms with van der Waals surface area (Å²) < 4.78 is 14.6. The third-order valence-corrected chi connectivity index (χ3v) is 4.85. The van der Waals surface area contributed by atoms with E-state index in [9.17, 15) is 4.79 Å². The average Bonchev–Trinajstić information content (AvgIpc) is 3.00. The fraction of sp³-hybridized carbons (Fsp3) is 0.368. The summed E-state index contributed by atoms with van der Waals surface area (Å²) in [6, 6.07) is 8.67. The Morgan fingerprint density at radius 1 is 1.32 bits per heavy atom. The number of halogens is 1. The van der Waals surface area contributed by atoms with Crippen molar-refractivity contribution in [2.75, 3.05) is 7.11 Å². The summed E-state index contributed by atoms with van der Waals surface area (Å²) in [6.45, 7) is 4.09. The van der Waals surface area contributed by atoms with Crippen LogP contribution in [0.15, 0.2) is 34.8 Å². The van der Waals surface area contributed by atoms with Gasteiger partial charge in [-0.3, -0.25) is 4.79 Å². The Morgan fingerprint density at radius 2 is 2.07 bits per heavy atom. The van der Waals surface area contributed by atoms with Gasteiger partial charge in [-0.2, -0.15) is 9.78 Å². The maximum absolute atomic E-state index is 12.7. The summed E-state index contributed by atoms with van der Waals surface area (Å²) in [5, 5.41) is 16.6. The van der Waals surface area contributed by atoms with E-state index in [-0.39, 0.29) is 24.1 Å². The molecule has 8 nitrogen and oxygen atoms in total. The van der Waals surface area contributed by atoms with Crippen molar-refractivity contribution >= 4 is 27.4 Å². The predicted molar refractivity (Wildman–Crippen MR) is 105 cm³/mol. The van der Waals surface area contributed by atoms with E-state index in [2.05, 4.69) is 40.0 Å². The number of rotatable bonds is 8. The Kier molecular flexibility index (Phi) is 6.13. The quantitative estimate of drug-likeness (QED) is 0.422. The lowest BCUT2D eigenvalue weighted by Gasteiger charge is -2.13. The zero-order valence-corrected chi connectivity index (χ0v) is 17.6. The largest absolute Gasteiger partial charge is 0.497 e. The number of hydrogen-bond donors (Lipinski definition) is 1. The number of carbonyl (C=O) groups is 1. The zero-order valence-electron chi connectivity index (χ0n) is 16.0. The number of ketones is 1. The standard InChI is InChI=1S/C19H22BrN5O3/c1-4-14(5-2)28-17-6-7-18-24(23-19(21)25(18)22-17)11-16(26)12-8-13(20)10-15(9-12)27-3/h6-10,14,21H,4-5,11H2,1-3H3. The third kappa shape index (κ3) is 4.24. The highest BCUT2D eigenvalue weighted by atomic mass is 79.9. The molecule has 1 N–H and O–H groups in total. The van der Waals surface area contributed by atoms with Crippen molar-refractivity contribution in [2.45, 2.75) is 39.3 Å². The molecule has 0 atom stereocenters. The SMILES string of the molecule is CCC(CC)Oc1ccc2n(n1)c(=N)[n-][n+]2CC(=O)c1cc(Br)cc(OC)c1. The van der Waals surface area contributed by atoms with Gasteiger partial charge in [0.1, 0.15) is 11.9 Å². The average molecular weight is 448 g/mol. The summed E-state index contributed by atoms with van der Waals surface area (Å²) >= 11 is 3.38. The van der Waals surface area contributed by atoms with E-state index < -0.39 is 0 Å². The van der Waals surface area contributed by atoms with Crippen LogP contribution < -0.4 is 24.9 Å². The number of ether oxygens (including phenoxy) is 2. The Hall–Kier alpha value is -2.68. The van der Waals surface area contributed by atoms with Crippen LogP contribution in [0.4, 0.5) is 0 Å². The van der Waals surface area contributed by atoms with Gasteiger partial charge in [-0.15, -0.1) is 0 Å². The van der Waals surface area contributed by atoms with E-state index in [0.29, 0.717) is 22.8 Å². The van der Waals surface area contributed by atoms with Gasteiger partial charge < -0.3 is 14.9 Å². The summed E-state index contributed by atoms with van der Waals surface area (Å²) in [7, 11) is 1.55. The van der Waals surface area contributed by atoms with Gasteiger partial charge in [0.25, 0.3) is 5.88 Å². The lowest BCUT2D eigenvalue weighted by atomic mass is 10.1. The Morgan fingerprint density at radius 3 is 2.75 bits per heavy atom. The van der Waals surface area contributed by atoms with E-state index in [1.54, 1.807) is 37.4 Å². The molecule has 2 aromatic heterocycles. The van der Waals surface area contributed by atoms with Crippen LogP contribution in [0.25, 0.3) is 5.65 Å². The minimum absolute atomic E-state index is 0.0174. The van der Waals surface area contributed by atoms with Crippen LogP contribution in [-0.4, -0.2) is 28.6 Å². The van der Waals surface area contributed by atoms with Crippen LogP contribution in [0, 0.1) is 5.41 Å². The second-order valence-corrected chi connectivity index (χ2v) is 7.20. The molecular formula is C19H22BrN5O3. The van der Waals surface area contributed by atoms with Crippen molar-refractivity contribution < 1.29 is 19.0 Å². The Balaban J connectivity index is 1.89. The normalized spacial score (nSPS) is 11.2. The summed E-state index contributed by atoms with van der Waals surface area (Å²) in [6.07, 6.45) is 1.82. The topological polar surface area (TPSA) is 94.7 Å². The molecule has 0 amide bonds. The monoisotopic (exact) mass is 447 g/mol. The fourth-order valence-corrected chi connectivity index (χ4v) is 3.31. The first-order valence-electron chi connectivity index (χ1n) is 9.01. The van der Waals surface area contributed by atoms with Gasteiger partial charge in [-0.05, 0) is 36.1 Å². The molecule has 0 fully saturated rings. The number of Topliss-reactive ketones (excluding diaryl/α,β-unsaturated/α-hetero) is 1. The summed E-state index contributed by atoms with van der Waals surface area (Å²) in [4.78, 5) is 12.7. The minimum Gasteiger partial charge on any atom is -0.497 e. The van der Waals surface area contributed by atoms with Crippen LogP contribution in [0.1, 0.15) is 37.0 Å². The van der Waals surface area contributed by atoms with Gasteiger partial charge in [-0.25, -0.2) is 0 Å². The van der Waals surface area contributed by atoms with E-state index in [4.69, 9.17) is 14.9 Å².